The summed E-state index contributed by atoms with van der Waals surface area (Å²) in [6.07, 6.45) is 1.93. The molecule has 0 bridgehead atoms. The zero-order valence-corrected chi connectivity index (χ0v) is 11.2. The fraction of sp³-hybridized carbons (Fsp3) is 0.333. The van der Waals surface area contributed by atoms with Gasteiger partial charge in [-0.15, -0.1) is 11.8 Å². The number of ether oxygens (including phenoxy) is 1. The van der Waals surface area contributed by atoms with Crippen molar-refractivity contribution in [2.75, 3.05) is 24.7 Å². The number of anilines is 1. The van der Waals surface area contributed by atoms with Gasteiger partial charge in [0.05, 0.1) is 12.3 Å². The fourth-order valence-corrected chi connectivity index (χ4v) is 1.83. The second kappa shape index (κ2) is 7.60. The van der Waals surface area contributed by atoms with Gasteiger partial charge in [-0.3, -0.25) is 4.79 Å². The molecule has 0 unspecified atom stereocenters. The molecule has 2 N–H and O–H groups in total. The highest BCUT2D eigenvalue weighted by Crippen LogP contribution is 2.24. The highest BCUT2D eigenvalue weighted by molar-refractivity contribution is 7.98. The maximum Gasteiger partial charge on any atom is 0.325 e. The van der Waals surface area contributed by atoms with Crippen molar-refractivity contribution in [3.63, 3.8) is 0 Å². The Hall–Kier alpha value is -1.69. The lowest BCUT2D eigenvalue weighted by molar-refractivity contribution is -0.141. The van der Waals surface area contributed by atoms with Crippen LogP contribution in [0.4, 0.5) is 10.5 Å². The third-order valence-corrected chi connectivity index (χ3v) is 2.85. The molecule has 18 heavy (non-hydrogen) atoms. The molecule has 5 nitrogen and oxygen atoms in total. The van der Waals surface area contributed by atoms with Crippen LogP contribution >= 0.6 is 11.8 Å². The van der Waals surface area contributed by atoms with Crippen LogP contribution in [0.5, 0.6) is 0 Å². The van der Waals surface area contributed by atoms with E-state index >= 15 is 0 Å². The first kappa shape index (κ1) is 14.4. The van der Waals surface area contributed by atoms with Crippen molar-refractivity contribution in [2.45, 2.75) is 11.8 Å². The van der Waals surface area contributed by atoms with Gasteiger partial charge in [0, 0.05) is 4.90 Å². The lowest BCUT2D eigenvalue weighted by Crippen LogP contribution is -2.34. The van der Waals surface area contributed by atoms with Crippen LogP contribution in [-0.2, 0) is 9.53 Å². The van der Waals surface area contributed by atoms with E-state index < -0.39 is 12.0 Å². The molecule has 1 rings (SSSR count). The highest BCUT2D eigenvalue weighted by Gasteiger charge is 2.07. The SMILES string of the molecule is CCOC(=O)CNC(=O)Nc1ccccc1SC. The van der Waals surface area contributed by atoms with Crippen molar-refractivity contribution in [2.24, 2.45) is 0 Å². The number of carbonyl (C=O) groups excluding carboxylic acids is 2. The third-order valence-electron chi connectivity index (χ3n) is 2.05. The van der Waals surface area contributed by atoms with Gasteiger partial charge >= 0.3 is 12.0 Å². The first-order chi connectivity index (χ1) is 8.67. The fourth-order valence-electron chi connectivity index (χ4n) is 1.28. The number of hydrogen-bond donors (Lipinski definition) is 2. The first-order valence-electron chi connectivity index (χ1n) is 5.50. The molecule has 0 fully saturated rings. The number of amides is 2. The lowest BCUT2D eigenvalue weighted by Gasteiger charge is -2.10. The minimum atomic E-state index is -0.453. The Morgan fingerprint density at radius 1 is 1.33 bits per heavy atom. The average molecular weight is 268 g/mol. The number of rotatable bonds is 5. The van der Waals surface area contributed by atoms with Crippen LogP contribution in [0.3, 0.4) is 0 Å². The summed E-state index contributed by atoms with van der Waals surface area (Å²) < 4.78 is 4.70. The van der Waals surface area contributed by atoms with Gasteiger partial charge in [0.2, 0.25) is 0 Å². The van der Waals surface area contributed by atoms with Gasteiger partial charge in [0.15, 0.2) is 0 Å². The summed E-state index contributed by atoms with van der Waals surface area (Å²) in [5.41, 5.74) is 0.714. The normalized spacial score (nSPS) is 9.67. The Labute approximate surface area is 110 Å². The monoisotopic (exact) mass is 268 g/mol. The van der Waals surface area contributed by atoms with Crippen molar-refractivity contribution >= 4 is 29.4 Å². The van der Waals surface area contributed by atoms with Gasteiger partial charge in [-0.2, -0.15) is 0 Å². The molecule has 0 radical (unpaired) electrons. The Kier molecular flexibility index (Phi) is 6.07. The molecular weight excluding hydrogens is 252 g/mol. The van der Waals surface area contributed by atoms with Crippen molar-refractivity contribution in [3.05, 3.63) is 24.3 Å². The predicted molar refractivity (Wildman–Crippen MR) is 71.9 cm³/mol. The van der Waals surface area contributed by atoms with Crippen LogP contribution in [0.1, 0.15) is 6.92 Å². The summed E-state index contributed by atoms with van der Waals surface area (Å²) in [6, 6.07) is 7.01. The molecule has 0 aromatic heterocycles. The standard InChI is InChI=1S/C12H16N2O3S/c1-3-17-11(15)8-13-12(16)14-9-6-4-5-7-10(9)18-2/h4-7H,3,8H2,1-2H3,(H2,13,14,16). The molecule has 0 atom stereocenters. The third kappa shape index (κ3) is 4.67. The largest absolute Gasteiger partial charge is 0.465 e. The highest BCUT2D eigenvalue weighted by atomic mass is 32.2. The van der Waals surface area contributed by atoms with E-state index in [0.29, 0.717) is 12.3 Å². The van der Waals surface area contributed by atoms with E-state index in [1.807, 2.05) is 24.5 Å². The molecule has 0 aliphatic carbocycles. The maximum absolute atomic E-state index is 11.6. The molecule has 98 valence electrons. The van der Waals surface area contributed by atoms with E-state index in [4.69, 9.17) is 4.74 Å². The van der Waals surface area contributed by atoms with Crippen LogP contribution in [0.15, 0.2) is 29.2 Å². The number of nitrogens with one attached hydrogen (secondary N) is 2. The van der Waals surface area contributed by atoms with Crippen molar-refractivity contribution in [1.82, 2.24) is 5.32 Å². The Morgan fingerprint density at radius 2 is 2.06 bits per heavy atom. The summed E-state index contributed by atoms with van der Waals surface area (Å²) in [7, 11) is 0. The quantitative estimate of drug-likeness (QED) is 0.634. The van der Waals surface area contributed by atoms with Crippen LogP contribution in [0.25, 0.3) is 0 Å². The predicted octanol–water partition coefficient (Wildman–Crippen LogP) is 2.09. The summed E-state index contributed by atoms with van der Waals surface area (Å²) >= 11 is 1.54. The number of esters is 1. The molecule has 0 spiro atoms. The van der Waals surface area contributed by atoms with Crippen molar-refractivity contribution in [3.8, 4) is 0 Å². The molecule has 1 aromatic rings. The molecule has 0 aliphatic heterocycles. The zero-order chi connectivity index (χ0) is 13.4. The summed E-state index contributed by atoms with van der Waals surface area (Å²) in [4.78, 5) is 23.6. The molecule has 0 aliphatic rings. The smallest absolute Gasteiger partial charge is 0.325 e. The molecule has 2 amide bonds. The molecular formula is C12H16N2O3S. The van der Waals surface area contributed by atoms with Crippen LogP contribution in [0, 0.1) is 0 Å². The molecule has 0 heterocycles. The number of hydrogen-bond acceptors (Lipinski definition) is 4. The van der Waals surface area contributed by atoms with E-state index in [-0.39, 0.29) is 6.54 Å². The number of carbonyl (C=O) groups is 2. The number of urea groups is 1. The summed E-state index contributed by atoms with van der Waals surface area (Å²) in [6.45, 7) is 1.88. The Bertz CT molecular complexity index is 424. The Morgan fingerprint density at radius 3 is 2.72 bits per heavy atom. The van der Waals surface area contributed by atoms with E-state index in [2.05, 4.69) is 10.6 Å². The van der Waals surface area contributed by atoms with Gasteiger partial charge in [-0.05, 0) is 25.3 Å². The molecule has 0 saturated carbocycles. The van der Waals surface area contributed by atoms with E-state index in [1.54, 1.807) is 13.0 Å². The van der Waals surface area contributed by atoms with Crippen LogP contribution in [-0.4, -0.2) is 31.4 Å². The first-order valence-corrected chi connectivity index (χ1v) is 6.73. The zero-order valence-electron chi connectivity index (χ0n) is 10.4. The summed E-state index contributed by atoms with van der Waals surface area (Å²) in [5.74, 6) is -0.453. The van der Waals surface area contributed by atoms with Gasteiger partial charge in [0.1, 0.15) is 6.54 Å². The topological polar surface area (TPSA) is 67.4 Å². The van der Waals surface area contributed by atoms with Crippen LogP contribution in [0.2, 0.25) is 0 Å². The van der Waals surface area contributed by atoms with E-state index in [9.17, 15) is 9.59 Å². The average Bonchev–Trinajstić information content (AvgIpc) is 2.37. The lowest BCUT2D eigenvalue weighted by atomic mass is 10.3. The van der Waals surface area contributed by atoms with Crippen molar-refractivity contribution in [1.29, 1.82) is 0 Å². The number of thioether (sulfide) groups is 1. The second-order valence-corrected chi connectivity index (χ2v) is 4.16. The van der Waals surface area contributed by atoms with Gasteiger partial charge in [-0.25, -0.2) is 4.79 Å². The minimum Gasteiger partial charge on any atom is -0.465 e. The van der Waals surface area contributed by atoms with Gasteiger partial charge in [-0.1, -0.05) is 12.1 Å². The maximum atomic E-state index is 11.6. The minimum absolute atomic E-state index is 0.138. The van der Waals surface area contributed by atoms with Crippen molar-refractivity contribution < 1.29 is 14.3 Å². The molecule has 6 heteroatoms. The Balaban J connectivity index is 2.47. The van der Waals surface area contributed by atoms with E-state index in [0.717, 1.165) is 4.90 Å². The second-order valence-electron chi connectivity index (χ2n) is 3.31. The number of para-hydroxylation sites is 1. The number of benzene rings is 1. The van der Waals surface area contributed by atoms with Crippen LogP contribution < -0.4 is 10.6 Å². The summed E-state index contributed by atoms with van der Waals surface area (Å²) in [5, 5.41) is 5.11. The van der Waals surface area contributed by atoms with E-state index in [1.165, 1.54) is 11.8 Å². The molecule has 0 saturated heterocycles. The molecule has 1 aromatic carbocycles. The van der Waals surface area contributed by atoms with Gasteiger partial charge < -0.3 is 15.4 Å². The van der Waals surface area contributed by atoms with Gasteiger partial charge in [0.25, 0.3) is 0 Å².